The molecule has 1 fully saturated rings. The molecule has 2 aromatic carbocycles. The number of esters is 1. The second-order valence-corrected chi connectivity index (χ2v) is 8.78. The third kappa shape index (κ3) is 5.98. The van der Waals surface area contributed by atoms with Crippen molar-refractivity contribution in [1.29, 1.82) is 0 Å². The van der Waals surface area contributed by atoms with Crippen LogP contribution in [0.1, 0.15) is 36.2 Å². The van der Waals surface area contributed by atoms with E-state index in [1.54, 1.807) is 18.2 Å². The summed E-state index contributed by atoms with van der Waals surface area (Å²) in [7, 11) is 1.21. The molecule has 3 amide bonds. The van der Waals surface area contributed by atoms with Gasteiger partial charge in [0.25, 0.3) is 11.1 Å². The molecule has 34 heavy (non-hydrogen) atoms. The third-order valence-corrected chi connectivity index (χ3v) is 6.18. The molecule has 8 nitrogen and oxygen atoms in total. The van der Waals surface area contributed by atoms with E-state index in [1.807, 2.05) is 26.0 Å². The molecule has 1 aliphatic heterocycles. The second kappa shape index (κ2) is 11.2. The number of para-hydroxylation sites is 1. The third-order valence-electron chi connectivity index (χ3n) is 4.94. The summed E-state index contributed by atoms with van der Waals surface area (Å²) in [5.41, 5.74) is 1.01. The van der Waals surface area contributed by atoms with Crippen molar-refractivity contribution < 1.29 is 28.7 Å². The molecular formula is C24H23ClN2O6S. The first-order chi connectivity index (χ1) is 16.2. The van der Waals surface area contributed by atoms with Crippen LogP contribution < -0.4 is 10.1 Å². The van der Waals surface area contributed by atoms with Crippen molar-refractivity contribution in [3.05, 3.63) is 63.5 Å². The van der Waals surface area contributed by atoms with Crippen LogP contribution in [0.4, 0.5) is 10.5 Å². The molecule has 2 aromatic rings. The molecule has 1 aliphatic rings. The van der Waals surface area contributed by atoms with Crippen LogP contribution in [-0.4, -0.2) is 47.7 Å². The Balaban J connectivity index is 1.72. The molecule has 0 bridgehead atoms. The highest BCUT2D eigenvalue weighted by molar-refractivity contribution is 8.18. The molecule has 0 aliphatic carbocycles. The molecule has 3 rings (SSSR count). The van der Waals surface area contributed by atoms with Gasteiger partial charge in [-0.25, -0.2) is 4.79 Å². The largest absolute Gasteiger partial charge is 0.490 e. The van der Waals surface area contributed by atoms with E-state index in [0.717, 1.165) is 23.1 Å². The number of ether oxygens (including phenoxy) is 2. The summed E-state index contributed by atoms with van der Waals surface area (Å²) in [6.45, 7) is 3.46. The Bertz CT molecular complexity index is 1170. The van der Waals surface area contributed by atoms with Gasteiger partial charge < -0.3 is 14.8 Å². The summed E-state index contributed by atoms with van der Waals surface area (Å²) < 4.78 is 10.6. The first-order valence-corrected chi connectivity index (χ1v) is 11.6. The number of methoxy groups -OCH3 is 1. The van der Waals surface area contributed by atoms with Crippen LogP contribution >= 0.6 is 23.4 Å². The summed E-state index contributed by atoms with van der Waals surface area (Å²) >= 11 is 6.74. The fourth-order valence-electron chi connectivity index (χ4n) is 3.00. The zero-order chi connectivity index (χ0) is 24.8. The molecular weight excluding hydrogens is 480 g/mol. The van der Waals surface area contributed by atoms with Crippen molar-refractivity contribution in [2.75, 3.05) is 19.0 Å². The van der Waals surface area contributed by atoms with Crippen LogP contribution in [0, 0.1) is 0 Å². The first kappa shape index (κ1) is 25.3. The fourth-order valence-corrected chi connectivity index (χ4v) is 4.02. The Kier molecular flexibility index (Phi) is 8.36. The minimum absolute atomic E-state index is 0.0131. The highest BCUT2D eigenvalue weighted by Gasteiger charge is 2.36. The van der Waals surface area contributed by atoms with E-state index in [9.17, 15) is 19.2 Å². The number of hydrogen-bond acceptors (Lipinski definition) is 7. The number of nitrogens with one attached hydrogen (secondary N) is 1. The molecule has 0 spiro atoms. The number of halogens is 1. The van der Waals surface area contributed by atoms with Crippen LogP contribution in [0.5, 0.6) is 5.75 Å². The lowest BCUT2D eigenvalue weighted by molar-refractivity contribution is -0.127. The van der Waals surface area contributed by atoms with E-state index >= 15 is 0 Å². The lowest BCUT2D eigenvalue weighted by atomic mass is 10.1. The van der Waals surface area contributed by atoms with E-state index < -0.39 is 29.6 Å². The quantitative estimate of drug-likeness (QED) is 0.401. The topological polar surface area (TPSA) is 102 Å². The Morgan fingerprint density at radius 2 is 1.94 bits per heavy atom. The van der Waals surface area contributed by atoms with Crippen molar-refractivity contribution in [3.8, 4) is 5.75 Å². The van der Waals surface area contributed by atoms with E-state index in [2.05, 4.69) is 10.1 Å². The normalized spacial score (nSPS) is 15.4. The van der Waals surface area contributed by atoms with Gasteiger partial charge in [0.1, 0.15) is 12.3 Å². The van der Waals surface area contributed by atoms with Crippen LogP contribution in [-0.2, 0) is 14.3 Å². The first-order valence-electron chi connectivity index (χ1n) is 10.4. The zero-order valence-electron chi connectivity index (χ0n) is 18.8. The van der Waals surface area contributed by atoms with Gasteiger partial charge in [0.05, 0.1) is 28.7 Å². The predicted molar refractivity (Wildman–Crippen MR) is 131 cm³/mol. The zero-order valence-corrected chi connectivity index (χ0v) is 20.4. The number of anilines is 1. The van der Waals surface area contributed by atoms with Gasteiger partial charge in [0.15, 0.2) is 0 Å². The average molecular weight is 503 g/mol. The average Bonchev–Trinajstić information content (AvgIpc) is 3.08. The maximum atomic E-state index is 12.8. The molecule has 10 heteroatoms. The lowest BCUT2D eigenvalue weighted by Crippen LogP contribution is -2.36. The van der Waals surface area contributed by atoms with Crippen molar-refractivity contribution in [1.82, 2.24) is 4.90 Å². The number of carbonyl (C=O) groups excluding carboxylic acids is 4. The SMILES string of the molecule is CC[C@@H](C)Oc1ccccc1/C=C1/SC(=O)N(CC(=O)Nc2ccc(Cl)c(C(=O)OC)c2)C1=O. The van der Waals surface area contributed by atoms with Crippen LogP contribution in [0.25, 0.3) is 6.08 Å². The molecule has 1 heterocycles. The molecule has 1 saturated heterocycles. The summed E-state index contributed by atoms with van der Waals surface area (Å²) in [6, 6.07) is 11.5. The number of nitrogens with zero attached hydrogens (tertiary/aromatic N) is 1. The number of thioether (sulfide) groups is 1. The van der Waals surface area contributed by atoms with Crippen LogP contribution in [0.3, 0.4) is 0 Å². The Labute approximate surface area is 206 Å². The van der Waals surface area contributed by atoms with E-state index in [0.29, 0.717) is 11.3 Å². The molecule has 0 radical (unpaired) electrons. The monoisotopic (exact) mass is 502 g/mol. The van der Waals surface area contributed by atoms with Gasteiger partial charge in [0, 0.05) is 11.3 Å². The summed E-state index contributed by atoms with van der Waals surface area (Å²) in [4.78, 5) is 50.6. The molecule has 0 unspecified atom stereocenters. The fraction of sp³-hybridized carbons (Fsp3) is 0.250. The van der Waals surface area contributed by atoms with E-state index in [1.165, 1.54) is 25.3 Å². The maximum absolute atomic E-state index is 12.8. The Hall–Kier alpha value is -3.30. The molecule has 1 atom stereocenters. The standard InChI is InChI=1S/C24H23ClN2O6S/c1-4-14(2)33-19-8-6-5-7-15(19)11-20-22(29)27(24(31)34-20)13-21(28)26-16-9-10-18(25)17(12-16)23(30)32-3/h5-12,14H,4,13H2,1-3H3,(H,26,28)/b20-11+/t14-/m1/s1. The van der Waals surface area contributed by atoms with Crippen LogP contribution in [0.2, 0.25) is 5.02 Å². The highest BCUT2D eigenvalue weighted by atomic mass is 35.5. The number of hydrogen-bond donors (Lipinski definition) is 1. The number of benzene rings is 2. The Morgan fingerprint density at radius 1 is 1.21 bits per heavy atom. The molecule has 0 saturated carbocycles. The van der Waals surface area contributed by atoms with Gasteiger partial charge in [-0.3, -0.25) is 19.3 Å². The predicted octanol–water partition coefficient (Wildman–Crippen LogP) is 4.98. The maximum Gasteiger partial charge on any atom is 0.339 e. The number of imide groups is 1. The summed E-state index contributed by atoms with van der Waals surface area (Å²) in [5.74, 6) is -1.24. The van der Waals surface area contributed by atoms with Gasteiger partial charge >= 0.3 is 5.97 Å². The van der Waals surface area contributed by atoms with Gasteiger partial charge in [-0.15, -0.1) is 0 Å². The summed E-state index contributed by atoms with van der Waals surface area (Å²) in [6.07, 6.45) is 2.39. The van der Waals surface area contributed by atoms with Gasteiger partial charge in [-0.2, -0.15) is 0 Å². The van der Waals surface area contributed by atoms with Crippen molar-refractivity contribution in [2.45, 2.75) is 26.4 Å². The molecule has 0 aromatic heterocycles. The van der Waals surface area contributed by atoms with E-state index in [4.69, 9.17) is 16.3 Å². The molecule has 1 N–H and O–H groups in total. The Morgan fingerprint density at radius 3 is 2.65 bits per heavy atom. The minimum Gasteiger partial charge on any atom is -0.490 e. The van der Waals surface area contributed by atoms with E-state index in [-0.39, 0.29) is 27.3 Å². The van der Waals surface area contributed by atoms with Gasteiger partial charge in [-0.1, -0.05) is 36.7 Å². The number of carbonyl (C=O) groups is 4. The smallest absolute Gasteiger partial charge is 0.339 e. The second-order valence-electron chi connectivity index (χ2n) is 7.38. The van der Waals surface area contributed by atoms with Gasteiger partial charge in [-0.05, 0) is 55.4 Å². The number of rotatable bonds is 8. The summed E-state index contributed by atoms with van der Waals surface area (Å²) in [5, 5.41) is 2.17. The number of amides is 3. The van der Waals surface area contributed by atoms with Crippen molar-refractivity contribution in [3.63, 3.8) is 0 Å². The van der Waals surface area contributed by atoms with Gasteiger partial charge in [0.2, 0.25) is 5.91 Å². The lowest BCUT2D eigenvalue weighted by Gasteiger charge is -2.15. The highest BCUT2D eigenvalue weighted by Crippen LogP contribution is 2.34. The minimum atomic E-state index is -0.658. The molecule has 178 valence electrons. The van der Waals surface area contributed by atoms with Crippen molar-refractivity contribution >= 4 is 58.1 Å². The van der Waals surface area contributed by atoms with Crippen molar-refractivity contribution in [2.24, 2.45) is 0 Å². The van der Waals surface area contributed by atoms with Crippen LogP contribution in [0.15, 0.2) is 47.4 Å².